The van der Waals surface area contributed by atoms with E-state index in [0.717, 1.165) is 53.5 Å². The Labute approximate surface area is 207 Å². The first-order chi connectivity index (χ1) is 16.8. The van der Waals surface area contributed by atoms with E-state index in [1.165, 1.54) is 6.21 Å². The Hall–Kier alpha value is -3.46. The van der Waals surface area contributed by atoms with Crippen molar-refractivity contribution in [1.82, 2.24) is 25.1 Å². The molecule has 3 heterocycles. The summed E-state index contributed by atoms with van der Waals surface area (Å²) < 4.78 is 8.22. The van der Waals surface area contributed by atoms with Gasteiger partial charge in [-0.3, -0.25) is 5.41 Å². The van der Waals surface area contributed by atoms with E-state index in [9.17, 15) is 0 Å². The highest BCUT2D eigenvalue weighted by molar-refractivity contribution is 6.10. The number of fused-ring (bicyclic) bond motifs is 3. The van der Waals surface area contributed by atoms with E-state index in [1.54, 1.807) is 6.92 Å². The van der Waals surface area contributed by atoms with Crippen LogP contribution in [-0.2, 0) is 6.54 Å². The number of nitrogens with zero attached hydrogens (tertiary/aromatic N) is 4. The molecular formula is C26H36N8O. The smallest absolute Gasteiger partial charge is 0.155 e. The third kappa shape index (κ3) is 5.30. The molecule has 0 spiro atoms. The Morgan fingerprint density at radius 3 is 2.74 bits per heavy atom. The van der Waals surface area contributed by atoms with Crippen molar-refractivity contribution in [2.24, 2.45) is 10.9 Å². The van der Waals surface area contributed by atoms with Gasteiger partial charge in [-0.05, 0) is 58.5 Å². The second-order valence-corrected chi connectivity index (χ2v) is 9.52. The van der Waals surface area contributed by atoms with Crippen LogP contribution in [0.5, 0.6) is 5.75 Å². The summed E-state index contributed by atoms with van der Waals surface area (Å²) in [7, 11) is 4.08. The highest BCUT2D eigenvalue weighted by Gasteiger charge is 2.26. The number of amidine groups is 2. The number of rotatable bonds is 6. The van der Waals surface area contributed by atoms with Crippen molar-refractivity contribution >= 4 is 23.5 Å². The first-order valence-electron chi connectivity index (χ1n) is 12.2. The predicted octanol–water partition coefficient (Wildman–Crippen LogP) is 3.22. The monoisotopic (exact) mass is 476 g/mol. The molecule has 9 nitrogen and oxygen atoms in total. The molecule has 2 aliphatic rings. The van der Waals surface area contributed by atoms with Crippen molar-refractivity contribution < 1.29 is 4.74 Å². The van der Waals surface area contributed by atoms with E-state index in [4.69, 9.17) is 20.5 Å². The highest BCUT2D eigenvalue weighted by Crippen LogP contribution is 2.36. The van der Waals surface area contributed by atoms with Gasteiger partial charge in [-0.25, -0.2) is 9.98 Å². The number of allylic oxidation sites excluding steroid dienone is 1. The molecule has 1 fully saturated rings. The average molecular weight is 477 g/mol. The van der Waals surface area contributed by atoms with E-state index in [1.807, 2.05) is 45.3 Å². The molecule has 2 aromatic rings. The number of ether oxygens (including phenoxy) is 1. The van der Waals surface area contributed by atoms with E-state index in [-0.39, 0.29) is 11.9 Å². The lowest BCUT2D eigenvalue weighted by atomic mass is 9.94. The molecule has 186 valence electrons. The van der Waals surface area contributed by atoms with E-state index >= 15 is 0 Å². The zero-order valence-electron chi connectivity index (χ0n) is 21.3. The number of nitrogens with one attached hydrogen (secondary N) is 4. The Kier molecular flexibility index (Phi) is 7.35. The van der Waals surface area contributed by atoms with Gasteiger partial charge in [-0.15, -0.1) is 0 Å². The van der Waals surface area contributed by atoms with Crippen molar-refractivity contribution in [3.63, 3.8) is 0 Å². The Morgan fingerprint density at radius 2 is 2.11 bits per heavy atom. The van der Waals surface area contributed by atoms with E-state index in [2.05, 4.69) is 32.1 Å². The molecule has 0 bridgehead atoms. The molecule has 4 N–H and O–H groups in total. The van der Waals surface area contributed by atoms with Crippen molar-refractivity contribution in [2.75, 3.05) is 33.8 Å². The third-order valence-corrected chi connectivity index (χ3v) is 6.35. The zero-order valence-corrected chi connectivity index (χ0v) is 21.3. The van der Waals surface area contributed by atoms with Crippen LogP contribution in [0.15, 0.2) is 35.1 Å². The SMILES string of the molecule is CN/C(=C(\C=N)c1ccc2c(c1)OCCn1cc(/C(=N/C(C)=N)NC(C)C)nc1-2)C1CCN(C)C1. The average Bonchev–Trinajstić information content (AvgIpc) is 3.39. The van der Waals surface area contributed by atoms with Crippen LogP contribution in [0.1, 0.15) is 38.4 Å². The van der Waals surface area contributed by atoms with Crippen molar-refractivity contribution in [1.29, 1.82) is 10.8 Å². The normalized spacial score (nSPS) is 18.8. The van der Waals surface area contributed by atoms with Crippen LogP contribution < -0.4 is 15.4 Å². The molecule has 0 amide bonds. The molecular weight excluding hydrogens is 440 g/mol. The first kappa shape index (κ1) is 24.7. The lowest BCUT2D eigenvalue weighted by Crippen LogP contribution is -2.32. The molecule has 2 aliphatic heterocycles. The second kappa shape index (κ2) is 10.4. The van der Waals surface area contributed by atoms with E-state index < -0.39 is 0 Å². The fourth-order valence-electron chi connectivity index (χ4n) is 4.81. The zero-order chi connectivity index (χ0) is 25.1. The number of hydrogen-bond acceptors (Lipinski definition) is 6. The predicted molar refractivity (Wildman–Crippen MR) is 142 cm³/mol. The number of imidazole rings is 1. The molecule has 0 saturated carbocycles. The Balaban J connectivity index is 1.74. The Morgan fingerprint density at radius 1 is 1.31 bits per heavy atom. The second-order valence-electron chi connectivity index (χ2n) is 9.52. The summed E-state index contributed by atoms with van der Waals surface area (Å²) >= 11 is 0. The molecule has 1 unspecified atom stereocenters. The lowest BCUT2D eigenvalue weighted by Gasteiger charge is -2.19. The summed E-state index contributed by atoms with van der Waals surface area (Å²) in [5, 5.41) is 22.7. The van der Waals surface area contributed by atoms with Gasteiger partial charge in [0.05, 0.1) is 12.1 Å². The third-order valence-electron chi connectivity index (χ3n) is 6.35. The molecule has 1 atom stereocenters. The van der Waals surface area contributed by atoms with Crippen LogP contribution in [0.4, 0.5) is 0 Å². The number of benzene rings is 1. The number of likely N-dealkylation sites (tertiary alicyclic amines) is 1. The quantitative estimate of drug-likeness (QED) is 0.378. The number of aromatic nitrogens is 2. The fraction of sp³-hybridized carbons (Fsp3) is 0.462. The van der Waals surface area contributed by atoms with Gasteiger partial charge in [0, 0.05) is 49.2 Å². The summed E-state index contributed by atoms with van der Waals surface area (Å²) in [6, 6.07) is 6.27. The topological polar surface area (TPSA) is 114 Å². The molecule has 1 aromatic heterocycles. The first-order valence-corrected chi connectivity index (χ1v) is 12.2. The molecule has 9 heteroatoms. The summed E-state index contributed by atoms with van der Waals surface area (Å²) in [4.78, 5) is 11.6. The molecule has 1 saturated heterocycles. The molecule has 35 heavy (non-hydrogen) atoms. The van der Waals surface area contributed by atoms with E-state index in [0.29, 0.717) is 30.6 Å². The van der Waals surface area contributed by atoms with Crippen molar-refractivity contribution in [3.8, 4) is 17.1 Å². The van der Waals surface area contributed by atoms with Gasteiger partial charge in [0.2, 0.25) is 0 Å². The van der Waals surface area contributed by atoms with Gasteiger partial charge in [0.1, 0.15) is 29.7 Å². The number of hydrogen-bond donors (Lipinski definition) is 4. The van der Waals surface area contributed by atoms with Gasteiger partial charge < -0.3 is 30.2 Å². The molecule has 4 rings (SSSR count). The minimum Gasteiger partial charge on any atom is -0.491 e. The molecule has 0 radical (unpaired) electrons. The summed E-state index contributed by atoms with van der Waals surface area (Å²) in [5.41, 5.74) is 4.57. The maximum absolute atomic E-state index is 8.18. The van der Waals surface area contributed by atoms with Crippen LogP contribution in [-0.4, -0.2) is 72.2 Å². The van der Waals surface area contributed by atoms with Crippen LogP contribution in [0.2, 0.25) is 0 Å². The minimum atomic E-state index is 0.167. The summed E-state index contributed by atoms with van der Waals surface area (Å²) in [5.74, 6) is 2.78. The van der Waals surface area contributed by atoms with Crippen molar-refractivity contribution in [3.05, 3.63) is 41.4 Å². The maximum Gasteiger partial charge on any atom is 0.155 e. The van der Waals surface area contributed by atoms with Gasteiger partial charge in [0.25, 0.3) is 0 Å². The highest BCUT2D eigenvalue weighted by atomic mass is 16.5. The molecule has 0 aliphatic carbocycles. The lowest BCUT2D eigenvalue weighted by molar-refractivity contribution is 0.306. The molecule has 1 aromatic carbocycles. The minimum absolute atomic E-state index is 0.167. The van der Waals surface area contributed by atoms with Gasteiger partial charge in [-0.1, -0.05) is 6.07 Å². The van der Waals surface area contributed by atoms with Crippen LogP contribution in [0.3, 0.4) is 0 Å². The van der Waals surface area contributed by atoms with Crippen LogP contribution >= 0.6 is 0 Å². The summed E-state index contributed by atoms with van der Waals surface area (Å²) in [6.07, 6.45) is 4.49. The largest absolute Gasteiger partial charge is 0.491 e. The fourth-order valence-corrected chi connectivity index (χ4v) is 4.81. The van der Waals surface area contributed by atoms with Crippen LogP contribution in [0, 0.1) is 16.7 Å². The standard InChI is InChI=1S/C26H36N8O/c1-16(2)30-25(31-17(3)28)22-15-34-10-11-35-23-12-18(6-7-20(23)26(34)32-22)21(13-27)24(29-4)19-8-9-33(5)14-19/h6-7,12-13,15-16,19,27,29H,8-11,14H2,1-5H3,(H2,28,30,31)/b24-21+,27-13?. The Bertz CT molecular complexity index is 1180. The van der Waals surface area contributed by atoms with Gasteiger partial charge >= 0.3 is 0 Å². The number of aliphatic imine (C=N–C) groups is 1. The van der Waals surface area contributed by atoms with Gasteiger partial charge in [0.15, 0.2) is 5.84 Å². The summed E-state index contributed by atoms with van der Waals surface area (Å²) in [6.45, 7) is 8.96. The maximum atomic E-state index is 8.18. The van der Waals surface area contributed by atoms with Crippen LogP contribution in [0.25, 0.3) is 17.0 Å². The van der Waals surface area contributed by atoms with Gasteiger partial charge in [-0.2, -0.15) is 0 Å². The van der Waals surface area contributed by atoms with Crippen molar-refractivity contribution in [2.45, 2.75) is 39.8 Å².